The van der Waals surface area contributed by atoms with Gasteiger partial charge in [0.05, 0.1) is 19.3 Å². The van der Waals surface area contributed by atoms with Gasteiger partial charge in [-0.3, -0.25) is 0 Å². The lowest BCUT2D eigenvalue weighted by atomic mass is 9.99. The Morgan fingerprint density at radius 1 is 1.50 bits per heavy atom. The Hall–Kier alpha value is -1.85. The lowest BCUT2D eigenvalue weighted by molar-refractivity contribution is -0.136. The van der Waals surface area contributed by atoms with E-state index in [1.165, 1.54) is 0 Å². The number of rotatable bonds is 4. The number of carbonyl (C=O) groups is 1. The predicted molar refractivity (Wildman–Crippen MR) is 94.3 cm³/mol. The van der Waals surface area contributed by atoms with Gasteiger partial charge in [0, 0.05) is 25.3 Å². The topological polar surface area (TPSA) is 50.8 Å². The minimum absolute atomic E-state index is 0.0159. The third-order valence-corrected chi connectivity index (χ3v) is 4.64. The Morgan fingerprint density at radius 2 is 2.33 bits per heavy atom. The van der Waals surface area contributed by atoms with Crippen LogP contribution in [0.2, 0.25) is 0 Å². The van der Waals surface area contributed by atoms with E-state index in [1.807, 2.05) is 42.2 Å². The van der Waals surface area contributed by atoms with Gasteiger partial charge in [0.25, 0.3) is 0 Å². The molecule has 2 heterocycles. The molecular formula is C19H26N2O3. The molecule has 1 aromatic rings. The zero-order valence-electron chi connectivity index (χ0n) is 14.3. The highest BCUT2D eigenvalue weighted by Gasteiger charge is 2.44. The Balaban J connectivity index is 1.69. The molecule has 2 aliphatic rings. The molecule has 2 atom stereocenters. The van der Waals surface area contributed by atoms with Crippen molar-refractivity contribution in [3.63, 3.8) is 0 Å². The van der Waals surface area contributed by atoms with Crippen molar-refractivity contribution in [3.8, 4) is 0 Å². The fraction of sp³-hybridized carbons (Fsp3) is 0.526. The van der Waals surface area contributed by atoms with Crippen molar-refractivity contribution >= 4 is 11.7 Å². The molecule has 2 fully saturated rings. The zero-order chi connectivity index (χ0) is 17.0. The average molecular weight is 330 g/mol. The quantitative estimate of drug-likeness (QED) is 0.863. The van der Waals surface area contributed by atoms with Crippen LogP contribution in [0.1, 0.15) is 25.3 Å². The van der Waals surface area contributed by atoms with Gasteiger partial charge in [-0.2, -0.15) is 0 Å². The molecule has 24 heavy (non-hydrogen) atoms. The van der Waals surface area contributed by atoms with E-state index in [4.69, 9.17) is 9.47 Å². The Bertz CT molecular complexity index is 596. The van der Waals surface area contributed by atoms with Crippen LogP contribution in [0.25, 0.3) is 0 Å². The van der Waals surface area contributed by atoms with Crippen molar-refractivity contribution in [1.82, 2.24) is 4.90 Å². The van der Waals surface area contributed by atoms with E-state index in [0.29, 0.717) is 26.3 Å². The maximum Gasteiger partial charge on any atom is 0.322 e. The molecule has 0 aliphatic carbocycles. The molecule has 0 aromatic heterocycles. The molecule has 130 valence electrons. The lowest BCUT2D eigenvalue weighted by Gasteiger charge is -2.42. The molecule has 1 spiro atoms. The fourth-order valence-electron chi connectivity index (χ4n) is 3.50. The largest absolute Gasteiger partial charge is 0.378 e. The van der Waals surface area contributed by atoms with E-state index < -0.39 is 0 Å². The summed E-state index contributed by atoms with van der Waals surface area (Å²) in [6.07, 6.45) is 4.52. The predicted octanol–water partition coefficient (Wildman–Crippen LogP) is 3.22. The van der Waals surface area contributed by atoms with Crippen molar-refractivity contribution in [3.05, 3.63) is 42.5 Å². The summed E-state index contributed by atoms with van der Waals surface area (Å²) < 4.78 is 11.6. The number of anilines is 1. The number of ether oxygens (including phenoxy) is 2. The van der Waals surface area contributed by atoms with Crippen LogP contribution in [0.5, 0.6) is 0 Å². The molecule has 1 aromatic carbocycles. The summed E-state index contributed by atoms with van der Waals surface area (Å²) in [5.74, 6) is 0. The van der Waals surface area contributed by atoms with Crippen molar-refractivity contribution in [2.24, 2.45) is 0 Å². The number of nitrogens with zero attached hydrogens (tertiary/aromatic N) is 1. The van der Waals surface area contributed by atoms with Crippen LogP contribution in [-0.2, 0) is 15.9 Å². The number of morpholine rings is 1. The number of amides is 2. The first-order chi connectivity index (χ1) is 11.6. The van der Waals surface area contributed by atoms with Gasteiger partial charge < -0.3 is 19.7 Å². The van der Waals surface area contributed by atoms with Crippen molar-refractivity contribution in [2.75, 3.05) is 31.6 Å². The Labute approximate surface area is 143 Å². The molecule has 0 unspecified atom stereocenters. The second kappa shape index (κ2) is 7.36. The van der Waals surface area contributed by atoms with Crippen LogP contribution in [0, 0.1) is 0 Å². The summed E-state index contributed by atoms with van der Waals surface area (Å²) in [5.41, 5.74) is 1.67. The van der Waals surface area contributed by atoms with Crippen molar-refractivity contribution < 1.29 is 14.3 Å². The zero-order valence-corrected chi connectivity index (χ0v) is 14.3. The van der Waals surface area contributed by atoms with Crippen molar-refractivity contribution in [2.45, 2.75) is 37.9 Å². The number of carbonyl (C=O) groups excluding carboxylic acids is 1. The van der Waals surface area contributed by atoms with Crippen LogP contribution < -0.4 is 5.32 Å². The summed E-state index contributed by atoms with van der Waals surface area (Å²) in [7, 11) is 0. The summed E-state index contributed by atoms with van der Waals surface area (Å²) >= 11 is 0. The summed E-state index contributed by atoms with van der Waals surface area (Å²) in [4.78, 5) is 14.6. The minimum atomic E-state index is -0.336. The van der Waals surface area contributed by atoms with Gasteiger partial charge in [0.1, 0.15) is 5.60 Å². The first-order valence-electron chi connectivity index (χ1n) is 8.62. The molecule has 2 amide bonds. The first kappa shape index (κ1) is 17.0. The standard InChI is InChI=1S/C19H26N2O3/c1-3-4-7-16-8-5-6-9-17(16)20-18(22)21-12-15(2)24-19(13-21)10-11-23-14-19/h3,5-6,8-9,15H,1,4,7,10-14H2,2H3,(H,20,22)/t15-,19-/m1/s1. The number of allylic oxidation sites excluding steroid dienone is 1. The number of urea groups is 1. The second-order valence-electron chi connectivity index (χ2n) is 6.71. The minimum Gasteiger partial charge on any atom is -0.378 e. The number of para-hydroxylation sites is 1. The number of hydrogen-bond donors (Lipinski definition) is 1. The highest BCUT2D eigenvalue weighted by molar-refractivity contribution is 5.90. The molecular weight excluding hydrogens is 304 g/mol. The van der Waals surface area contributed by atoms with E-state index in [9.17, 15) is 4.79 Å². The second-order valence-corrected chi connectivity index (χ2v) is 6.71. The SMILES string of the molecule is C=CCCc1ccccc1NC(=O)N1C[C@@H](C)O[C@]2(CCOC2)C1. The molecule has 2 saturated heterocycles. The van der Waals surface area contributed by atoms with Crippen molar-refractivity contribution in [1.29, 1.82) is 0 Å². The van der Waals surface area contributed by atoms with E-state index in [2.05, 4.69) is 11.9 Å². The normalized spacial score (nSPS) is 26.5. The van der Waals surface area contributed by atoms with Gasteiger partial charge in [-0.25, -0.2) is 4.79 Å². The summed E-state index contributed by atoms with van der Waals surface area (Å²) in [5, 5.41) is 3.07. The van der Waals surface area contributed by atoms with E-state index >= 15 is 0 Å². The van der Waals surface area contributed by atoms with E-state index in [-0.39, 0.29) is 17.7 Å². The van der Waals surface area contributed by atoms with Gasteiger partial charge in [0.15, 0.2) is 0 Å². The molecule has 0 radical (unpaired) electrons. The maximum absolute atomic E-state index is 12.8. The molecule has 3 rings (SSSR count). The van der Waals surface area contributed by atoms with Crippen LogP contribution in [0.15, 0.2) is 36.9 Å². The highest BCUT2D eigenvalue weighted by atomic mass is 16.6. The molecule has 5 heteroatoms. The smallest absolute Gasteiger partial charge is 0.322 e. The molecule has 1 N–H and O–H groups in total. The van der Waals surface area contributed by atoms with Crippen LogP contribution in [0.3, 0.4) is 0 Å². The molecule has 0 bridgehead atoms. The molecule has 2 aliphatic heterocycles. The third-order valence-electron chi connectivity index (χ3n) is 4.64. The fourth-order valence-corrected chi connectivity index (χ4v) is 3.50. The van der Waals surface area contributed by atoms with Crippen LogP contribution in [-0.4, -0.2) is 48.9 Å². The Kier molecular flexibility index (Phi) is 5.21. The van der Waals surface area contributed by atoms with Crippen LogP contribution >= 0.6 is 0 Å². The number of benzene rings is 1. The maximum atomic E-state index is 12.8. The van der Waals surface area contributed by atoms with Gasteiger partial charge in [-0.1, -0.05) is 24.3 Å². The van der Waals surface area contributed by atoms with Gasteiger partial charge in [-0.05, 0) is 31.4 Å². The lowest BCUT2D eigenvalue weighted by Crippen LogP contribution is -2.57. The molecule has 5 nitrogen and oxygen atoms in total. The van der Waals surface area contributed by atoms with Gasteiger partial charge >= 0.3 is 6.03 Å². The summed E-state index contributed by atoms with van der Waals surface area (Å²) in [6, 6.07) is 7.88. The van der Waals surface area contributed by atoms with E-state index in [1.54, 1.807) is 0 Å². The monoisotopic (exact) mass is 330 g/mol. The first-order valence-corrected chi connectivity index (χ1v) is 8.62. The van der Waals surface area contributed by atoms with Gasteiger partial charge in [-0.15, -0.1) is 6.58 Å². The highest BCUT2D eigenvalue weighted by Crippen LogP contribution is 2.30. The van der Waals surface area contributed by atoms with E-state index in [0.717, 1.165) is 30.5 Å². The average Bonchev–Trinajstić information content (AvgIpc) is 3.00. The van der Waals surface area contributed by atoms with Gasteiger partial charge in [0.2, 0.25) is 0 Å². The number of nitrogens with one attached hydrogen (secondary N) is 1. The Morgan fingerprint density at radius 3 is 3.08 bits per heavy atom. The molecule has 0 saturated carbocycles. The third kappa shape index (κ3) is 3.79. The summed E-state index contributed by atoms with van der Waals surface area (Å²) in [6.45, 7) is 8.23. The number of hydrogen-bond acceptors (Lipinski definition) is 3. The number of aryl methyl sites for hydroxylation is 1. The van der Waals surface area contributed by atoms with Crippen LogP contribution in [0.4, 0.5) is 10.5 Å².